The van der Waals surface area contributed by atoms with Crippen LogP contribution in [0.25, 0.3) is 0 Å². The van der Waals surface area contributed by atoms with Gasteiger partial charge in [0.05, 0.1) is 32.3 Å². The summed E-state index contributed by atoms with van der Waals surface area (Å²) in [5.41, 5.74) is 0.679. The van der Waals surface area contributed by atoms with E-state index in [0.29, 0.717) is 11.4 Å². The maximum absolute atomic E-state index is 14.1. The molecule has 0 aliphatic carbocycles. The van der Waals surface area contributed by atoms with E-state index in [4.69, 9.17) is 23.1 Å². The number of hydrogen-bond donors (Lipinski definition) is 0. The highest BCUT2D eigenvalue weighted by Gasteiger charge is 2.53. The van der Waals surface area contributed by atoms with E-state index in [1.165, 1.54) is 29.2 Å². The van der Waals surface area contributed by atoms with Crippen LogP contribution in [-0.2, 0) is 33.2 Å². The molecule has 1 fully saturated rings. The van der Waals surface area contributed by atoms with Gasteiger partial charge in [0.2, 0.25) is 6.29 Å². The van der Waals surface area contributed by atoms with Crippen LogP contribution in [0, 0.1) is 10.1 Å². The van der Waals surface area contributed by atoms with Gasteiger partial charge in [-0.1, -0.05) is 72.8 Å². The van der Waals surface area contributed by atoms with Crippen molar-refractivity contribution >= 4 is 45.2 Å². The van der Waals surface area contributed by atoms with Crippen LogP contribution in [0.15, 0.2) is 150 Å². The number of para-hydroxylation sites is 2. The fourth-order valence-electron chi connectivity index (χ4n) is 5.35. The Bertz CT molecular complexity index is 2120. The van der Waals surface area contributed by atoms with E-state index in [9.17, 15) is 32.9 Å². The summed E-state index contributed by atoms with van der Waals surface area (Å²) in [6.45, 7) is -0.590. The molecule has 53 heavy (non-hydrogen) atoms. The van der Waals surface area contributed by atoms with Crippen LogP contribution in [0.5, 0.6) is 0 Å². The Morgan fingerprint density at radius 2 is 1.15 bits per heavy atom. The summed E-state index contributed by atoms with van der Waals surface area (Å²) in [7, 11) is -4.82. The van der Waals surface area contributed by atoms with Crippen LogP contribution in [0.3, 0.4) is 0 Å². The first kappa shape index (κ1) is 36.4. The number of ether oxygens (including phenoxy) is 4. The number of hydrogen-bond acceptors (Lipinski definition) is 12. The van der Waals surface area contributed by atoms with Crippen molar-refractivity contribution in [3.8, 4) is 0 Å². The first-order valence-electron chi connectivity index (χ1n) is 16.0. The van der Waals surface area contributed by atoms with Gasteiger partial charge in [0.15, 0.2) is 12.2 Å². The minimum absolute atomic E-state index is 0.0873. The van der Waals surface area contributed by atoms with Crippen molar-refractivity contribution in [2.45, 2.75) is 29.5 Å². The van der Waals surface area contributed by atoms with Crippen molar-refractivity contribution in [1.82, 2.24) is 0 Å². The standard InChI is InChI=1S/C38H30N2O12S/c41-35(26-13-5-1-6-14-26)48-25-32-33(50-36(42)27-15-7-2-8-16-27)34(52-53(46,47)31-23-21-30(22-24-31)40(44)45)37(49-32)51-38(43)39(28-17-9-3-10-18-28)29-19-11-4-12-20-29/h1-24,32-34,37H,25H2/t32-,33-,34-,37-/m0/s1. The minimum Gasteiger partial charge on any atom is -0.459 e. The third kappa shape index (κ3) is 8.73. The molecular weight excluding hydrogens is 708 g/mol. The Balaban J connectivity index is 1.37. The number of anilines is 2. The van der Waals surface area contributed by atoms with Gasteiger partial charge in [0.25, 0.3) is 15.8 Å². The fourth-order valence-corrected chi connectivity index (χ4v) is 6.42. The second-order valence-corrected chi connectivity index (χ2v) is 13.0. The summed E-state index contributed by atoms with van der Waals surface area (Å²) in [5.74, 6) is -1.68. The summed E-state index contributed by atoms with van der Waals surface area (Å²) in [5, 5.41) is 11.2. The molecule has 14 nitrogen and oxygen atoms in total. The van der Waals surface area contributed by atoms with Gasteiger partial charge < -0.3 is 18.9 Å². The largest absolute Gasteiger partial charge is 0.459 e. The molecule has 1 amide bonds. The average Bonchev–Trinajstić information content (AvgIpc) is 3.48. The topological polar surface area (TPSA) is 178 Å². The zero-order valence-electron chi connectivity index (χ0n) is 27.6. The lowest BCUT2D eigenvalue weighted by Gasteiger charge is -2.26. The lowest BCUT2D eigenvalue weighted by molar-refractivity contribution is -0.384. The quantitative estimate of drug-likeness (QED) is 0.0450. The number of benzene rings is 5. The van der Waals surface area contributed by atoms with E-state index in [1.807, 2.05) is 0 Å². The number of carbonyl (C=O) groups is 3. The van der Waals surface area contributed by atoms with E-state index in [-0.39, 0.29) is 16.8 Å². The normalized spacial score (nSPS) is 18.0. The average molecular weight is 739 g/mol. The smallest absolute Gasteiger partial charge is 0.421 e. The number of nitro groups is 1. The number of carbonyl (C=O) groups excluding carboxylic acids is 3. The van der Waals surface area contributed by atoms with Crippen molar-refractivity contribution < 1.29 is 50.9 Å². The Hall–Kier alpha value is -6.42. The van der Waals surface area contributed by atoms with Crippen LogP contribution in [0.2, 0.25) is 0 Å². The van der Waals surface area contributed by atoms with Gasteiger partial charge in [-0.3, -0.25) is 14.3 Å². The van der Waals surface area contributed by atoms with Crippen molar-refractivity contribution in [1.29, 1.82) is 0 Å². The lowest BCUT2D eigenvalue weighted by Crippen LogP contribution is -2.43. The molecule has 6 rings (SSSR count). The maximum atomic E-state index is 14.1. The molecule has 1 saturated heterocycles. The second kappa shape index (κ2) is 16.3. The molecule has 0 N–H and O–H groups in total. The zero-order chi connectivity index (χ0) is 37.4. The molecule has 1 aliphatic heterocycles. The van der Waals surface area contributed by atoms with Crippen LogP contribution < -0.4 is 4.90 Å². The predicted molar refractivity (Wildman–Crippen MR) is 188 cm³/mol. The molecule has 4 atom stereocenters. The van der Waals surface area contributed by atoms with E-state index in [0.717, 1.165) is 24.3 Å². The SMILES string of the molecule is O=C(OC[C@@H]1O[C@@H](OC(=O)N(c2ccccc2)c2ccccc2)[C@@H](OS(=O)(=O)c2ccc([N+](=O)[O-])cc2)[C@H]1OC(=O)c1ccccc1)c1ccccc1. The summed E-state index contributed by atoms with van der Waals surface area (Å²) in [6.07, 6.45) is -7.85. The monoisotopic (exact) mass is 738 g/mol. The third-order valence-corrected chi connectivity index (χ3v) is 9.24. The molecule has 0 aromatic heterocycles. The summed E-state index contributed by atoms with van der Waals surface area (Å²) in [4.78, 5) is 51.6. The molecule has 1 heterocycles. The third-order valence-electron chi connectivity index (χ3n) is 7.91. The predicted octanol–water partition coefficient (Wildman–Crippen LogP) is 6.45. The van der Waals surface area contributed by atoms with Crippen LogP contribution in [0.1, 0.15) is 20.7 Å². The van der Waals surface area contributed by atoms with Gasteiger partial charge in [-0.2, -0.15) is 8.42 Å². The highest BCUT2D eigenvalue weighted by atomic mass is 32.2. The van der Waals surface area contributed by atoms with E-state index < -0.39 is 69.2 Å². The number of esters is 2. The van der Waals surface area contributed by atoms with Gasteiger partial charge in [-0.25, -0.2) is 19.3 Å². The van der Waals surface area contributed by atoms with Crippen LogP contribution >= 0.6 is 0 Å². The van der Waals surface area contributed by atoms with Crippen LogP contribution in [0.4, 0.5) is 21.9 Å². The molecule has 0 bridgehead atoms. The van der Waals surface area contributed by atoms with E-state index in [2.05, 4.69) is 0 Å². The van der Waals surface area contributed by atoms with Gasteiger partial charge in [0.1, 0.15) is 12.7 Å². The fraction of sp³-hybridized carbons (Fsp3) is 0.132. The second-order valence-electron chi connectivity index (χ2n) is 11.4. The highest BCUT2D eigenvalue weighted by molar-refractivity contribution is 7.86. The number of nitrogens with zero attached hydrogens (tertiary/aromatic N) is 2. The van der Waals surface area contributed by atoms with Gasteiger partial charge in [0, 0.05) is 12.1 Å². The zero-order valence-corrected chi connectivity index (χ0v) is 28.4. The number of non-ortho nitro benzene ring substituents is 1. The van der Waals surface area contributed by atoms with Crippen molar-refractivity contribution in [3.63, 3.8) is 0 Å². The summed E-state index contributed by atoms with van der Waals surface area (Å²) >= 11 is 0. The lowest BCUT2D eigenvalue weighted by atomic mass is 10.1. The highest BCUT2D eigenvalue weighted by Crippen LogP contribution is 2.34. The Labute approximate surface area is 303 Å². The molecule has 15 heteroatoms. The number of rotatable bonds is 12. The molecule has 270 valence electrons. The molecule has 5 aromatic carbocycles. The van der Waals surface area contributed by atoms with Gasteiger partial charge >= 0.3 is 18.0 Å². The molecule has 5 aromatic rings. The first-order valence-corrected chi connectivity index (χ1v) is 17.4. The maximum Gasteiger partial charge on any atom is 0.421 e. The van der Waals surface area contributed by atoms with Crippen molar-refractivity contribution in [3.05, 3.63) is 167 Å². The molecule has 0 radical (unpaired) electrons. The van der Waals surface area contributed by atoms with Gasteiger partial charge in [-0.05, 0) is 60.7 Å². The first-order chi connectivity index (χ1) is 25.6. The molecular formula is C38H30N2O12S. The number of nitro benzene ring substituents is 1. The van der Waals surface area contributed by atoms with Crippen molar-refractivity contribution in [2.75, 3.05) is 11.5 Å². The Morgan fingerprint density at radius 1 is 0.660 bits per heavy atom. The molecule has 0 spiro atoms. The summed E-state index contributed by atoms with van der Waals surface area (Å²) < 4.78 is 56.2. The summed E-state index contributed by atoms with van der Waals surface area (Å²) in [6, 6.07) is 36.5. The van der Waals surface area contributed by atoms with Crippen molar-refractivity contribution in [2.24, 2.45) is 0 Å². The van der Waals surface area contributed by atoms with Crippen LogP contribution in [-0.4, -0.2) is 62.6 Å². The van der Waals surface area contributed by atoms with Gasteiger partial charge in [-0.15, -0.1) is 0 Å². The molecule has 0 unspecified atom stereocenters. The minimum atomic E-state index is -4.82. The number of amides is 1. The Kier molecular flexibility index (Phi) is 11.2. The Morgan fingerprint density at radius 3 is 1.66 bits per heavy atom. The molecule has 0 saturated carbocycles. The van der Waals surface area contributed by atoms with E-state index in [1.54, 1.807) is 97.1 Å². The molecule has 1 aliphatic rings. The van der Waals surface area contributed by atoms with E-state index >= 15 is 0 Å².